The summed E-state index contributed by atoms with van der Waals surface area (Å²) in [5.74, 6) is -0.786. The molecule has 2 amide bonds. The standard InChI is InChI=1S/C22H40N2O6Si/c1-9-12-22(18(25)28-5,23-19(26)30-21(2,3)4)17-10-13-24(14-11-17)20(27)29-15-16-31(6,7)8/h9,17H,1,10-16H2,2-8H3,(H,23,26)/t22-/m0/s1. The molecule has 9 heteroatoms. The summed E-state index contributed by atoms with van der Waals surface area (Å²) < 4.78 is 15.9. The van der Waals surface area contributed by atoms with Gasteiger partial charge in [-0.1, -0.05) is 25.7 Å². The van der Waals surface area contributed by atoms with Crippen molar-refractivity contribution < 1.29 is 28.6 Å². The first kappa shape index (κ1) is 27.0. The number of carbonyl (C=O) groups is 3. The first-order chi connectivity index (χ1) is 14.2. The van der Waals surface area contributed by atoms with Crippen LogP contribution in [0.4, 0.5) is 9.59 Å². The molecule has 0 aliphatic carbocycles. The van der Waals surface area contributed by atoms with Gasteiger partial charge in [-0.2, -0.15) is 0 Å². The molecule has 31 heavy (non-hydrogen) atoms. The lowest BCUT2D eigenvalue weighted by molar-refractivity contribution is -0.152. The number of hydrogen-bond acceptors (Lipinski definition) is 6. The maximum absolute atomic E-state index is 12.8. The number of carbonyl (C=O) groups excluding carboxylic acids is 3. The number of piperidine rings is 1. The second-order valence-electron chi connectivity index (χ2n) is 10.3. The van der Waals surface area contributed by atoms with E-state index in [-0.39, 0.29) is 18.4 Å². The highest BCUT2D eigenvalue weighted by Crippen LogP contribution is 2.33. The van der Waals surface area contributed by atoms with Crippen molar-refractivity contribution in [1.82, 2.24) is 10.2 Å². The summed E-state index contributed by atoms with van der Waals surface area (Å²) in [6.45, 7) is 17.0. The third kappa shape index (κ3) is 8.55. The minimum absolute atomic E-state index is 0.199. The van der Waals surface area contributed by atoms with Crippen molar-refractivity contribution in [1.29, 1.82) is 0 Å². The summed E-state index contributed by atoms with van der Waals surface area (Å²) in [4.78, 5) is 39.4. The predicted molar refractivity (Wildman–Crippen MR) is 123 cm³/mol. The molecular weight excluding hydrogens is 416 g/mol. The van der Waals surface area contributed by atoms with Crippen LogP contribution >= 0.6 is 0 Å². The van der Waals surface area contributed by atoms with Crippen molar-refractivity contribution in [2.24, 2.45) is 5.92 Å². The lowest BCUT2D eigenvalue weighted by Crippen LogP contribution is -2.62. The largest absolute Gasteiger partial charge is 0.467 e. The van der Waals surface area contributed by atoms with Gasteiger partial charge in [-0.25, -0.2) is 14.4 Å². The molecule has 0 bridgehead atoms. The van der Waals surface area contributed by atoms with Gasteiger partial charge in [0, 0.05) is 21.2 Å². The number of hydrogen-bond donors (Lipinski definition) is 1. The molecule has 1 N–H and O–H groups in total. The number of nitrogens with one attached hydrogen (secondary N) is 1. The monoisotopic (exact) mass is 456 g/mol. The Balaban J connectivity index is 2.88. The first-order valence-corrected chi connectivity index (χ1v) is 14.6. The third-order valence-corrected chi connectivity index (χ3v) is 6.97. The Labute approximate surface area is 187 Å². The number of alkyl carbamates (subject to hydrolysis) is 1. The van der Waals surface area contributed by atoms with Crippen LogP contribution in [0.25, 0.3) is 0 Å². The van der Waals surface area contributed by atoms with Crippen molar-refractivity contribution >= 4 is 26.2 Å². The molecule has 1 atom stereocenters. The maximum atomic E-state index is 12.8. The molecule has 0 aromatic carbocycles. The lowest BCUT2D eigenvalue weighted by Gasteiger charge is -2.42. The van der Waals surface area contributed by atoms with Crippen molar-refractivity contribution in [3.63, 3.8) is 0 Å². The van der Waals surface area contributed by atoms with Gasteiger partial charge >= 0.3 is 18.2 Å². The van der Waals surface area contributed by atoms with Gasteiger partial charge in [0.1, 0.15) is 11.1 Å². The number of methoxy groups -OCH3 is 1. The molecule has 1 rings (SSSR count). The fourth-order valence-corrected chi connectivity index (χ4v) is 4.32. The molecule has 0 unspecified atom stereocenters. The van der Waals surface area contributed by atoms with Gasteiger partial charge in [0.25, 0.3) is 0 Å². The van der Waals surface area contributed by atoms with E-state index < -0.39 is 31.3 Å². The number of amides is 2. The Bertz CT molecular complexity index is 647. The van der Waals surface area contributed by atoms with Crippen molar-refractivity contribution in [3.8, 4) is 0 Å². The van der Waals surface area contributed by atoms with E-state index in [0.717, 1.165) is 6.04 Å². The van der Waals surface area contributed by atoms with Crippen molar-refractivity contribution in [3.05, 3.63) is 12.7 Å². The molecule has 0 radical (unpaired) electrons. The van der Waals surface area contributed by atoms with E-state index in [9.17, 15) is 14.4 Å². The fraction of sp³-hybridized carbons (Fsp3) is 0.773. The highest BCUT2D eigenvalue weighted by Gasteiger charge is 2.49. The number of likely N-dealkylation sites (tertiary alicyclic amines) is 1. The van der Waals surface area contributed by atoms with E-state index in [1.54, 1.807) is 31.7 Å². The van der Waals surface area contributed by atoms with Crippen LogP contribution in [-0.2, 0) is 19.0 Å². The number of rotatable bonds is 8. The maximum Gasteiger partial charge on any atom is 0.409 e. The Hall–Kier alpha value is -2.03. The van der Waals surface area contributed by atoms with Gasteiger partial charge in [-0.05, 0) is 52.0 Å². The molecular formula is C22H40N2O6Si. The zero-order chi connectivity index (χ0) is 23.9. The van der Waals surface area contributed by atoms with E-state index in [1.165, 1.54) is 7.11 Å². The van der Waals surface area contributed by atoms with Crippen LogP contribution in [0.15, 0.2) is 12.7 Å². The Kier molecular flexibility index (Phi) is 9.60. The molecule has 0 aromatic rings. The zero-order valence-corrected chi connectivity index (χ0v) is 21.2. The van der Waals surface area contributed by atoms with Gasteiger partial charge in [-0.3, -0.25) is 0 Å². The van der Waals surface area contributed by atoms with E-state index in [4.69, 9.17) is 14.2 Å². The molecule has 1 fully saturated rings. The number of esters is 1. The van der Waals surface area contributed by atoms with Gasteiger partial charge in [0.2, 0.25) is 0 Å². The normalized spacial score (nSPS) is 17.3. The van der Waals surface area contributed by atoms with Crippen LogP contribution in [0, 0.1) is 5.92 Å². The summed E-state index contributed by atoms with van der Waals surface area (Å²) in [6, 6.07) is 0.916. The molecule has 1 aliphatic rings. The van der Waals surface area contributed by atoms with Crippen molar-refractivity contribution in [2.75, 3.05) is 26.8 Å². The van der Waals surface area contributed by atoms with Crippen LogP contribution in [0.5, 0.6) is 0 Å². The van der Waals surface area contributed by atoms with Crippen LogP contribution in [0.1, 0.15) is 40.0 Å². The minimum Gasteiger partial charge on any atom is -0.467 e. The first-order valence-electron chi connectivity index (χ1n) is 10.9. The summed E-state index contributed by atoms with van der Waals surface area (Å²) in [7, 11) is 0.0166. The summed E-state index contributed by atoms with van der Waals surface area (Å²) in [5, 5.41) is 2.77. The smallest absolute Gasteiger partial charge is 0.409 e. The van der Waals surface area contributed by atoms with Crippen LogP contribution in [0.2, 0.25) is 25.7 Å². The minimum atomic E-state index is -1.30. The fourth-order valence-electron chi connectivity index (χ4n) is 3.61. The third-order valence-electron chi connectivity index (χ3n) is 5.27. The molecule has 8 nitrogen and oxygen atoms in total. The van der Waals surface area contributed by atoms with Crippen LogP contribution < -0.4 is 5.32 Å². The molecule has 1 aliphatic heterocycles. The van der Waals surface area contributed by atoms with Crippen LogP contribution in [0.3, 0.4) is 0 Å². The Morgan fingerprint density at radius 3 is 2.19 bits per heavy atom. The van der Waals surface area contributed by atoms with Gasteiger partial charge < -0.3 is 24.4 Å². The van der Waals surface area contributed by atoms with E-state index >= 15 is 0 Å². The molecule has 178 valence electrons. The highest BCUT2D eigenvalue weighted by atomic mass is 28.3. The van der Waals surface area contributed by atoms with E-state index in [2.05, 4.69) is 31.5 Å². The van der Waals surface area contributed by atoms with Gasteiger partial charge in [0.05, 0.1) is 13.7 Å². The van der Waals surface area contributed by atoms with Gasteiger partial charge in [0.15, 0.2) is 0 Å². The summed E-state index contributed by atoms with van der Waals surface area (Å²) in [6.07, 6.45) is 1.80. The molecule has 1 heterocycles. The highest BCUT2D eigenvalue weighted by molar-refractivity contribution is 6.76. The zero-order valence-electron chi connectivity index (χ0n) is 20.2. The second-order valence-corrected chi connectivity index (χ2v) is 15.9. The Morgan fingerprint density at radius 1 is 1.16 bits per heavy atom. The quantitative estimate of drug-likeness (QED) is 0.255. The van der Waals surface area contributed by atoms with Gasteiger partial charge in [-0.15, -0.1) is 6.58 Å². The van der Waals surface area contributed by atoms with Crippen LogP contribution in [-0.4, -0.2) is 69.1 Å². The number of ether oxygens (including phenoxy) is 3. The molecule has 0 saturated carbocycles. The average Bonchev–Trinajstić information content (AvgIpc) is 2.64. The summed E-state index contributed by atoms with van der Waals surface area (Å²) in [5.41, 5.74) is -2.00. The van der Waals surface area contributed by atoms with Crippen molar-refractivity contribution in [2.45, 2.75) is 76.9 Å². The predicted octanol–water partition coefficient (Wildman–Crippen LogP) is 4.19. The second kappa shape index (κ2) is 11.0. The van der Waals surface area contributed by atoms with E-state index in [0.29, 0.717) is 32.5 Å². The topological polar surface area (TPSA) is 94.2 Å². The average molecular weight is 457 g/mol. The molecule has 1 saturated heterocycles. The summed E-state index contributed by atoms with van der Waals surface area (Å²) >= 11 is 0. The SMILES string of the molecule is C=CC[C@@](NC(=O)OC(C)(C)C)(C(=O)OC)C1CCN(C(=O)OCC[Si](C)(C)C)CC1. The Morgan fingerprint density at radius 2 is 1.74 bits per heavy atom. The lowest BCUT2D eigenvalue weighted by atomic mass is 9.75. The van der Waals surface area contributed by atoms with E-state index in [1.807, 2.05) is 0 Å². The molecule has 0 spiro atoms. The number of nitrogens with zero attached hydrogens (tertiary/aromatic N) is 1. The molecule has 0 aromatic heterocycles.